The van der Waals surface area contributed by atoms with E-state index in [1.54, 1.807) is 31.8 Å². The first-order valence-electron chi connectivity index (χ1n) is 23.9. The monoisotopic (exact) mass is 1020 g/mol. The molecule has 0 aromatic carbocycles. The van der Waals surface area contributed by atoms with Gasteiger partial charge in [-0.3, -0.25) is 18.7 Å². The lowest BCUT2D eigenvalue weighted by atomic mass is 10.0. The third kappa shape index (κ3) is 11.8. The molecule has 394 valence electrons. The Morgan fingerprint density at radius 1 is 0.764 bits per heavy atom. The number of fused-ring (bicyclic) bond motifs is 6. The molecule has 17 nitrogen and oxygen atoms in total. The summed E-state index contributed by atoms with van der Waals surface area (Å²) < 4.78 is 90.7. The van der Waals surface area contributed by atoms with Crippen LogP contribution in [-0.4, -0.2) is 80.5 Å². The maximum absolute atomic E-state index is 12.8. The zero-order valence-electron chi connectivity index (χ0n) is 43.0. The lowest BCUT2D eigenvalue weighted by Crippen LogP contribution is -2.12. The fourth-order valence-corrected chi connectivity index (χ4v) is 8.90. The number of hydrogen-bond acceptors (Lipinski definition) is 12. The predicted molar refractivity (Wildman–Crippen MR) is 253 cm³/mol. The van der Waals surface area contributed by atoms with Crippen LogP contribution in [0.4, 0.5) is 22.0 Å². The molecular formula is C50H66F5N9O8. The van der Waals surface area contributed by atoms with Crippen LogP contribution in [0.15, 0.2) is 30.5 Å². The third-order valence-corrected chi connectivity index (χ3v) is 12.6. The Labute approximate surface area is 415 Å². The number of hydrogen-bond donors (Lipinski definition) is 2. The highest BCUT2D eigenvalue weighted by atomic mass is 19.4. The Bertz CT molecular complexity index is 2760. The topological polar surface area (TPSA) is 196 Å². The minimum absolute atomic E-state index is 0.0194. The van der Waals surface area contributed by atoms with Crippen molar-refractivity contribution in [3.63, 3.8) is 0 Å². The highest BCUT2D eigenvalue weighted by Crippen LogP contribution is 2.63. The first kappa shape index (κ1) is 55.3. The number of nitrogens with zero attached hydrogens (tertiary/aromatic N) is 9. The molecule has 0 amide bonds. The van der Waals surface area contributed by atoms with E-state index >= 15 is 0 Å². The van der Waals surface area contributed by atoms with Crippen LogP contribution in [0.1, 0.15) is 196 Å². The zero-order valence-corrected chi connectivity index (χ0v) is 43.0. The molecule has 0 saturated heterocycles. The molecular weight excluding hydrogens is 950 g/mol. The summed E-state index contributed by atoms with van der Waals surface area (Å²) in [5.74, 6) is -2.91. The Kier molecular flexibility index (Phi) is 16.9. The molecule has 3 aliphatic carbocycles. The van der Waals surface area contributed by atoms with Crippen molar-refractivity contribution >= 4 is 17.5 Å². The molecule has 10 rings (SSSR count). The van der Waals surface area contributed by atoms with Crippen molar-refractivity contribution in [3.05, 3.63) is 98.3 Å². The first-order valence-corrected chi connectivity index (χ1v) is 23.9. The number of aliphatic hydroxyl groups is 1. The summed E-state index contributed by atoms with van der Waals surface area (Å²) in [5, 5.41) is 34.5. The van der Waals surface area contributed by atoms with Gasteiger partial charge < -0.3 is 29.2 Å². The van der Waals surface area contributed by atoms with Crippen LogP contribution in [0.25, 0.3) is 5.57 Å². The lowest BCUT2D eigenvalue weighted by Gasteiger charge is -2.09. The maximum atomic E-state index is 12.8. The Morgan fingerprint density at radius 3 is 1.79 bits per heavy atom. The van der Waals surface area contributed by atoms with Crippen LogP contribution in [0.2, 0.25) is 0 Å². The average molecular weight is 1020 g/mol. The van der Waals surface area contributed by atoms with Gasteiger partial charge in [0.1, 0.15) is 5.69 Å². The van der Waals surface area contributed by atoms with E-state index in [4.69, 9.17) is 19.3 Å². The van der Waals surface area contributed by atoms with E-state index < -0.39 is 35.8 Å². The molecule has 22 heteroatoms. The van der Waals surface area contributed by atoms with E-state index in [1.165, 1.54) is 33.7 Å². The SMILES string of the molecule is CC(C)n1ccc(C(C)(F)F)n1.CC(C)n1nc(C(=O)O)c2c1COC2.CC(C)n1nc(C(F)(F)F)c2c1C1CC1C2O.COC(=O)c1nn(C(C)C)c2c1COC2.COc1ccc2c(n1)C(C(C)C)=CC2. The van der Waals surface area contributed by atoms with Gasteiger partial charge in [0.15, 0.2) is 17.1 Å². The van der Waals surface area contributed by atoms with Gasteiger partial charge in [-0.2, -0.15) is 42.3 Å². The largest absolute Gasteiger partial charge is 0.481 e. The summed E-state index contributed by atoms with van der Waals surface area (Å²) in [6.07, 6.45) is 0.157. The van der Waals surface area contributed by atoms with E-state index in [-0.39, 0.29) is 53.0 Å². The van der Waals surface area contributed by atoms with Crippen molar-refractivity contribution in [1.29, 1.82) is 0 Å². The van der Waals surface area contributed by atoms with Gasteiger partial charge in [-0.1, -0.05) is 26.0 Å². The predicted octanol–water partition coefficient (Wildman–Crippen LogP) is 10.4. The molecule has 2 aliphatic heterocycles. The Balaban J connectivity index is 0.000000148. The number of rotatable bonds is 9. The number of allylic oxidation sites excluding steroid dienone is 2. The van der Waals surface area contributed by atoms with E-state index in [0.29, 0.717) is 49.6 Å². The zero-order chi connectivity index (χ0) is 53.3. The normalized spacial score (nSPS) is 17.9. The number of methoxy groups -OCH3 is 2. The standard InChI is InChI=1S/C12H15NO.C11H13F3N2O.C10H14N2O3.C9H12N2O3.C8H12F2N2/c1-8(2)10-6-4-9-5-7-11(14-3)13-12(9)10;1-4(2)16-8-5-3-6(5)9(17)7(8)10(15-16)11(12,13)14;1-6(2)12-8-5-15-4-7(8)9(11-12)10(13)14-3;1-5(2)11-7-4-14-3-6(7)8(10-11)9(12)13;1-6(2)12-5-4-7(11-12)8(3,9)10/h5-8H,4H2,1-3H3;4-6,9,17H,3H2,1-2H3;6H,4-5H2,1-3H3;5H,3-4H2,1-2H3,(H,12,13);4-6H,1-3H3. The van der Waals surface area contributed by atoms with Gasteiger partial charge in [-0.25, -0.2) is 14.6 Å². The van der Waals surface area contributed by atoms with Gasteiger partial charge in [0.25, 0.3) is 5.92 Å². The molecule has 5 aliphatic rings. The van der Waals surface area contributed by atoms with Crippen molar-refractivity contribution in [2.45, 2.75) is 164 Å². The van der Waals surface area contributed by atoms with E-state index in [0.717, 1.165) is 48.0 Å². The molecule has 1 fully saturated rings. The van der Waals surface area contributed by atoms with Crippen molar-refractivity contribution < 1.29 is 60.7 Å². The number of alkyl halides is 5. The van der Waals surface area contributed by atoms with E-state index in [9.17, 15) is 36.6 Å². The second-order valence-corrected chi connectivity index (χ2v) is 19.6. The number of halogens is 5. The number of carboxylic acid groups (broad SMARTS) is 1. The minimum atomic E-state index is -4.48. The van der Waals surface area contributed by atoms with Crippen molar-refractivity contribution in [3.8, 4) is 5.88 Å². The lowest BCUT2D eigenvalue weighted by molar-refractivity contribution is -0.143. The highest BCUT2D eigenvalue weighted by Gasteiger charge is 2.58. The number of pyridine rings is 1. The molecule has 5 aromatic heterocycles. The fourth-order valence-electron chi connectivity index (χ4n) is 8.90. The number of aromatic carboxylic acids is 1. The number of esters is 1. The molecule has 7 heterocycles. The average Bonchev–Trinajstić information content (AvgIpc) is 4.10. The molecule has 3 atom stereocenters. The maximum Gasteiger partial charge on any atom is 0.435 e. The van der Waals surface area contributed by atoms with Gasteiger partial charge in [0.2, 0.25) is 5.88 Å². The Hall–Kier alpha value is -6.00. The quantitative estimate of drug-likeness (QED) is 0.105. The Morgan fingerprint density at radius 2 is 1.33 bits per heavy atom. The fraction of sp³-hybridized carbons (Fsp3) is 0.580. The number of ether oxygens (including phenoxy) is 4. The summed E-state index contributed by atoms with van der Waals surface area (Å²) in [6.45, 7) is 22.4. The molecule has 0 radical (unpaired) electrons. The van der Waals surface area contributed by atoms with Gasteiger partial charge in [-0.05, 0) is 97.3 Å². The van der Waals surface area contributed by atoms with Crippen LogP contribution >= 0.6 is 0 Å². The van der Waals surface area contributed by atoms with Crippen molar-refractivity contribution in [2.75, 3.05) is 14.2 Å². The van der Waals surface area contributed by atoms with Crippen LogP contribution < -0.4 is 4.74 Å². The van der Waals surface area contributed by atoms with Crippen LogP contribution in [-0.2, 0) is 59.2 Å². The summed E-state index contributed by atoms with van der Waals surface area (Å²) in [7, 11) is 3.02. The third-order valence-electron chi connectivity index (χ3n) is 12.6. The van der Waals surface area contributed by atoms with Gasteiger partial charge >= 0.3 is 18.1 Å². The van der Waals surface area contributed by atoms with E-state index in [1.807, 2.05) is 52.3 Å². The summed E-state index contributed by atoms with van der Waals surface area (Å²) >= 11 is 0. The molecule has 1 saturated carbocycles. The number of carboxylic acids is 1. The molecule has 2 N–H and O–H groups in total. The second kappa shape index (κ2) is 22.0. The smallest absolute Gasteiger partial charge is 0.435 e. The van der Waals surface area contributed by atoms with Crippen LogP contribution in [0, 0.1) is 11.8 Å². The molecule has 0 bridgehead atoms. The van der Waals surface area contributed by atoms with E-state index in [2.05, 4.69) is 56.1 Å². The number of carbonyl (C=O) groups is 2. The summed E-state index contributed by atoms with van der Waals surface area (Å²) in [5.41, 5.74) is 7.34. The molecule has 5 aromatic rings. The summed E-state index contributed by atoms with van der Waals surface area (Å²) in [6, 6.07) is 5.77. The van der Waals surface area contributed by atoms with Gasteiger partial charge in [-0.15, -0.1) is 0 Å². The van der Waals surface area contributed by atoms with Gasteiger partial charge in [0, 0.05) is 71.7 Å². The van der Waals surface area contributed by atoms with Crippen LogP contribution in [0.5, 0.6) is 5.88 Å². The number of aliphatic hydroxyl groups excluding tert-OH is 1. The molecule has 0 spiro atoms. The molecule has 3 unspecified atom stereocenters. The highest BCUT2D eigenvalue weighted by molar-refractivity contribution is 5.89. The van der Waals surface area contributed by atoms with Crippen LogP contribution in [0.3, 0.4) is 0 Å². The van der Waals surface area contributed by atoms with Crippen molar-refractivity contribution in [2.24, 2.45) is 11.8 Å². The van der Waals surface area contributed by atoms with Crippen molar-refractivity contribution in [1.82, 2.24) is 44.1 Å². The first-order chi connectivity index (χ1) is 33.7. The second-order valence-electron chi connectivity index (χ2n) is 19.6. The van der Waals surface area contributed by atoms with Gasteiger partial charge in [0.05, 0.1) is 63.8 Å². The summed E-state index contributed by atoms with van der Waals surface area (Å²) in [4.78, 5) is 26.8. The minimum Gasteiger partial charge on any atom is -0.481 e. The number of carbonyl (C=O) groups excluding carboxylic acids is 1. The molecule has 72 heavy (non-hydrogen) atoms. The number of aromatic nitrogens is 9.